The molecule has 0 saturated heterocycles. The molecule has 28 heavy (non-hydrogen) atoms. The molecule has 4 N–H and O–H groups in total. The molecule has 0 aliphatic carbocycles. The van der Waals surface area contributed by atoms with Gasteiger partial charge in [-0.2, -0.15) is 24.9 Å². The summed E-state index contributed by atoms with van der Waals surface area (Å²) in [6, 6.07) is 6.13. The van der Waals surface area contributed by atoms with Gasteiger partial charge in [0.15, 0.2) is 0 Å². The van der Waals surface area contributed by atoms with Crippen molar-refractivity contribution in [1.82, 2.24) is 0 Å². The predicted molar refractivity (Wildman–Crippen MR) is 101 cm³/mol. The second-order valence-electron chi connectivity index (χ2n) is 5.64. The molecule has 2 aromatic rings. The molecule has 0 fully saturated rings. The standard InChI is InChI=1S/C15H18N2O3S.C2HF3O2/c1-9-7-14(18)20-13-8-10(3-4-11(9)13)17-15(19)12(16)5-6-21-2;3-2(4,5)1(6)7/h3-4,7-8,12H,5-6,16H2,1-2H3,(H,17,19);(H,6,7). The molecule has 11 heteroatoms. The third-order valence-electron chi connectivity index (χ3n) is 3.43. The number of fused-ring (bicyclic) bond motifs is 1. The number of alkyl halides is 3. The van der Waals surface area contributed by atoms with Crippen molar-refractivity contribution in [2.24, 2.45) is 5.73 Å². The van der Waals surface area contributed by atoms with Crippen molar-refractivity contribution in [1.29, 1.82) is 0 Å². The topological polar surface area (TPSA) is 123 Å². The Balaban J connectivity index is 0.000000480. The number of carbonyl (C=O) groups excluding carboxylic acids is 1. The molecule has 154 valence electrons. The number of rotatable bonds is 5. The monoisotopic (exact) mass is 420 g/mol. The number of halogens is 3. The zero-order valence-corrected chi connectivity index (χ0v) is 15.8. The number of aryl methyl sites for hydroxylation is 1. The number of nitrogens with one attached hydrogen (secondary N) is 1. The fraction of sp³-hybridized carbons (Fsp3) is 0.353. The van der Waals surface area contributed by atoms with E-state index in [0.717, 1.165) is 16.7 Å². The van der Waals surface area contributed by atoms with Gasteiger partial charge in [0.25, 0.3) is 0 Å². The summed E-state index contributed by atoms with van der Waals surface area (Å²) in [4.78, 5) is 32.2. The average molecular weight is 420 g/mol. The smallest absolute Gasteiger partial charge is 0.475 e. The molecule has 1 aromatic heterocycles. The van der Waals surface area contributed by atoms with Crippen LogP contribution in [0.2, 0.25) is 0 Å². The molecule has 0 aliphatic heterocycles. The van der Waals surface area contributed by atoms with Gasteiger partial charge >= 0.3 is 17.8 Å². The highest BCUT2D eigenvalue weighted by atomic mass is 32.2. The first-order valence-electron chi connectivity index (χ1n) is 7.85. The maximum Gasteiger partial charge on any atom is 0.490 e. The number of hydrogen-bond acceptors (Lipinski definition) is 6. The van der Waals surface area contributed by atoms with Crippen molar-refractivity contribution in [3.8, 4) is 0 Å². The number of carboxylic acid groups (broad SMARTS) is 1. The van der Waals surface area contributed by atoms with E-state index in [-0.39, 0.29) is 5.91 Å². The van der Waals surface area contributed by atoms with Gasteiger partial charge < -0.3 is 20.6 Å². The third-order valence-corrected chi connectivity index (χ3v) is 4.08. The number of anilines is 1. The zero-order valence-electron chi connectivity index (χ0n) is 15.0. The Morgan fingerprint density at radius 1 is 1.32 bits per heavy atom. The van der Waals surface area contributed by atoms with Crippen LogP contribution in [0.15, 0.2) is 33.5 Å². The zero-order chi connectivity index (χ0) is 21.5. The highest BCUT2D eigenvalue weighted by Gasteiger charge is 2.38. The highest BCUT2D eigenvalue weighted by molar-refractivity contribution is 7.98. The Bertz CT molecular complexity index is 898. The molecule has 1 atom stereocenters. The van der Waals surface area contributed by atoms with Crippen LogP contribution >= 0.6 is 11.8 Å². The number of carboxylic acids is 1. The minimum Gasteiger partial charge on any atom is -0.475 e. The summed E-state index contributed by atoms with van der Waals surface area (Å²) in [6.45, 7) is 1.84. The normalized spacial score (nSPS) is 12.1. The minimum atomic E-state index is -5.08. The van der Waals surface area contributed by atoms with Crippen molar-refractivity contribution in [2.45, 2.75) is 25.6 Å². The van der Waals surface area contributed by atoms with Crippen LogP contribution in [0.1, 0.15) is 12.0 Å². The fourth-order valence-electron chi connectivity index (χ4n) is 2.01. The molecule has 2 rings (SSSR count). The number of hydrogen-bond donors (Lipinski definition) is 3. The molecule has 0 radical (unpaired) electrons. The second-order valence-corrected chi connectivity index (χ2v) is 6.63. The molecular weight excluding hydrogens is 401 g/mol. The Hall–Kier alpha value is -2.53. The van der Waals surface area contributed by atoms with Gasteiger partial charge in [-0.05, 0) is 43.0 Å². The van der Waals surface area contributed by atoms with Crippen LogP contribution in [0.5, 0.6) is 0 Å². The summed E-state index contributed by atoms with van der Waals surface area (Å²) in [5.41, 5.74) is 7.28. The van der Waals surface area contributed by atoms with Crippen LogP contribution in [0.3, 0.4) is 0 Å². The number of aliphatic carboxylic acids is 1. The number of amides is 1. The van der Waals surface area contributed by atoms with Crippen LogP contribution < -0.4 is 16.7 Å². The molecule has 7 nitrogen and oxygen atoms in total. The van der Waals surface area contributed by atoms with Crippen molar-refractivity contribution in [3.05, 3.63) is 40.2 Å². The van der Waals surface area contributed by atoms with Gasteiger partial charge in [0.2, 0.25) is 5.91 Å². The maximum absolute atomic E-state index is 12.0. The molecule has 0 saturated carbocycles. The van der Waals surface area contributed by atoms with Gasteiger partial charge in [0, 0.05) is 23.2 Å². The maximum atomic E-state index is 12.0. The van der Waals surface area contributed by atoms with E-state index in [9.17, 15) is 22.8 Å². The number of nitrogens with two attached hydrogens (primary N) is 1. The van der Waals surface area contributed by atoms with E-state index in [4.69, 9.17) is 20.1 Å². The van der Waals surface area contributed by atoms with Gasteiger partial charge in [0.05, 0.1) is 6.04 Å². The van der Waals surface area contributed by atoms with Crippen LogP contribution in [-0.4, -0.2) is 41.2 Å². The quantitative estimate of drug-likeness (QED) is 0.636. The van der Waals surface area contributed by atoms with Gasteiger partial charge in [-0.15, -0.1) is 0 Å². The van der Waals surface area contributed by atoms with Crippen molar-refractivity contribution < 1.29 is 32.3 Å². The van der Waals surface area contributed by atoms with Crippen molar-refractivity contribution in [3.63, 3.8) is 0 Å². The van der Waals surface area contributed by atoms with E-state index in [1.165, 1.54) is 6.07 Å². The lowest BCUT2D eigenvalue weighted by molar-refractivity contribution is -0.192. The van der Waals surface area contributed by atoms with E-state index in [1.807, 2.05) is 19.2 Å². The summed E-state index contributed by atoms with van der Waals surface area (Å²) in [6.07, 6.45) is -2.49. The molecule has 0 aliphatic rings. The molecule has 1 unspecified atom stereocenters. The van der Waals surface area contributed by atoms with E-state index in [1.54, 1.807) is 23.9 Å². The Labute approximate surface area is 162 Å². The van der Waals surface area contributed by atoms with Crippen LogP contribution in [0.4, 0.5) is 18.9 Å². The van der Waals surface area contributed by atoms with Gasteiger partial charge in [-0.25, -0.2) is 9.59 Å². The number of thioether (sulfide) groups is 1. The largest absolute Gasteiger partial charge is 0.490 e. The van der Waals surface area contributed by atoms with Crippen LogP contribution in [0, 0.1) is 6.92 Å². The molecule has 1 heterocycles. The summed E-state index contributed by atoms with van der Waals surface area (Å²) in [7, 11) is 0. The third kappa shape index (κ3) is 7.24. The first kappa shape index (κ1) is 23.5. The Kier molecular flexibility index (Phi) is 8.51. The van der Waals surface area contributed by atoms with Crippen LogP contribution in [0.25, 0.3) is 11.0 Å². The summed E-state index contributed by atoms with van der Waals surface area (Å²) in [5, 5.41) is 10.7. The van der Waals surface area contributed by atoms with Crippen LogP contribution in [-0.2, 0) is 9.59 Å². The Morgan fingerprint density at radius 3 is 2.46 bits per heavy atom. The molecule has 1 amide bonds. The lowest BCUT2D eigenvalue weighted by Crippen LogP contribution is -2.36. The van der Waals surface area contributed by atoms with E-state index >= 15 is 0 Å². The lowest BCUT2D eigenvalue weighted by atomic mass is 10.1. The van der Waals surface area contributed by atoms with Gasteiger partial charge in [0.1, 0.15) is 5.58 Å². The lowest BCUT2D eigenvalue weighted by Gasteiger charge is -2.12. The van der Waals surface area contributed by atoms with Gasteiger partial charge in [-0.1, -0.05) is 0 Å². The summed E-state index contributed by atoms with van der Waals surface area (Å²) >= 11 is 1.65. The molecule has 0 spiro atoms. The summed E-state index contributed by atoms with van der Waals surface area (Å²) < 4.78 is 36.9. The van der Waals surface area contributed by atoms with Gasteiger partial charge in [-0.3, -0.25) is 4.79 Å². The second kappa shape index (κ2) is 10.1. The number of benzene rings is 1. The minimum absolute atomic E-state index is 0.238. The number of carbonyl (C=O) groups is 2. The SMILES string of the molecule is CSCCC(N)C(=O)Nc1ccc2c(C)cc(=O)oc2c1.O=C(O)C(F)(F)F. The molecular formula is C17H19F3N2O5S. The van der Waals surface area contributed by atoms with E-state index in [2.05, 4.69) is 5.32 Å². The Morgan fingerprint density at radius 2 is 1.93 bits per heavy atom. The van der Waals surface area contributed by atoms with Crippen molar-refractivity contribution in [2.75, 3.05) is 17.3 Å². The van der Waals surface area contributed by atoms with E-state index in [0.29, 0.717) is 17.7 Å². The first-order valence-corrected chi connectivity index (χ1v) is 9.25. The summed E-state index contributed by atoms with van der Waals surface area (Å²) in [5.74, 6) is -2.16. The first-order chi connectivity index (χ1) is 13.0. The molecule has 0 bridgehead atoms. The average Bonchev–Trinajstić information content (AvgIpc) is 2.58. The fourth-order valence-corrected chi connectivity index (χ4v) is 2.50. The molecule has 1 aromatic carbocycles. The predicted octanol–water partition coefficient (Wildman–Crippen LogP) is 2.75. The highest BCUT2D eigenvalue weighted by Crippen LogP contribution is 2.21. The van der Waals surface area contributed by atoms with Crippen molar-refractivity contribution >= 4 is 40.3 Å². The van der Waals surface area contributed by atoms with E-state index < -0.39 is 23.8 Å².